The van der Waals surface area contributed by atoms with Crippen LogP contribution in [0.3, 0.4) is 0 Å². The molecule has 5 heterocycles. The number of likely N-dealkylation sites (tertiary alicyclic amines) is 1. The molecule has 13 heteroatoms. The van der Waals surface area contributed by atoms with E-state index in [1.54, 1.807) is 11.0 Å². The Balaban J connectivity index is 1.09. The van der Waals surface area contributed by atoms with Gasteiger partial charge in [-0.15, -0.1) is 11.3 Å². The fourth-order valence-electron chi connectivity index (χ4n) is 6.62. The molecule has 2 aliphatic rings. The molecule has 6 rings (SSSR count). The molecular formula is C32H37F3N8OS. The maximum absolute atomic E-state index is 12.9. The van der Waals surface area contributed by atoms with Crippen LogP contribution >= 0.6 is 11.3 Å². The number of nitrogens with one attached hydrogen (secondary N) is 1. The molecule has 238 valence electrons. The van der Waals surface area contributed by atoms with E-state index in [4.69, 9.17) is 0 Å². The van der Waals surface area contributed by atoms with Gasteiger partial charge in [0, 0.05) is 80.2 Å². The van der Waals surface area contributed by atoms with Crippen LogP contribution in [0.25, 0.3) is 21.1 Å². The van der Waals surface area contributed by atoms with Crippen molar-refractivity contribution in [3.8, 4) is 6.07 Å². The van der Waals surface area contributed by atoms with Gasteiger partial charge in [0.05, 0.1) is 11.8 Å². The number of anilines is 1. The number of hydrogen-bond donors (Lipinski definition) is 1. The SMILES string of the molecule is Cc1c(CN2CCC(Nc3ncnc4sc(CC(F)(F)F)cc34)CC2)ccc2c1cc(C#N)n2C[C@@H](C)N1CCN(C=O)CC1. The number of nitriles is 1. The number of rotatable bonds is 9. The predicted octanol–water partition coefficient (Wildman–Crippen LogP) is 5.17. The highest BCUT2D eigenvalue weighted by atomic mass is 32.1. The zero-order valence-electron chi connectivity index (χ0n) is 25.5. The molecule has 3 aromatic heterocycles. The van der Waals surface area contributed by atoms with Gasteiger partial charge < -0.3 is 14.8 Å². The lowest BCUT2D eigenvalue weighted by atomic mass is 10.0. The number of halogens is 3. The Morgan fingerprint density at radius 2 is 1.87 bits per heavy atom. The van der Waals surface area contributed by atoms with Crippen molar-refractivity contribution < 1.29 is 18.0 Å². The molecule has 0 unspecified atom stereocenters. The molecule has 2 aliphatic heterocycles. The molecule has 0 bridgehead atoms. The second-order valence-corrected chi connectivity index (χ2v) is 13.3. The minimum Gasteiger partial charge on any atom is -0.367 e. The number of carbonyl (C=O) groups is 1. The van der Waals surface area contributed by atoms with Crippen LogP contribution in [-0.4, -0.2) is 93.2 Å². The zero-order chi connectivity index (χ0) is 31.7. The number of benzene rings is 1. The molecule has 45 heavy (non-hydrogen) atoms. The van der Waals surface area contributed by atoms with Crippen LogP contribution in [0.15, 0.2) is 30.6 Å². The number of amides is 1. The summed E-state index contributed by atoms with van der Waals surface area (Å²) in [4.78, 5) is 27.0. The van der Waals surface area contributed by atoms with E-state index in [0.29, 0.717) is 28.3 Å². The van der Waals surface area contributed by atoms with E-state index in [1.165, 1.54) is 17.5 Å². The highest BCUT2D eigenvalue weighted by Gasteiger charge is 2.29. The summed E-state index contributed by atoms with van der Waals surface area (Å²) in [6.45, 7) is 10.7. The van der Waals surface area contributed by atoms with Gasteiger partial charge in [-0.3, -0.25) is 14.6 Å². The zero-order valence-corrected chi connectivity index (χ0v) is 26.3. The molecule has 1 N–H and O–H groups in total. The molecule has 1 atom stereocenters. The van der Waals surface area contributed by atoms with Gasteiger partial charge in [0.15, 0.2) is 0 Å². The third-order valence-corrected chi connectivity index (χ3v) is 10.3. The third-order valence-electron chi connectivity index (χ3n) is 9.23. The first-order chi connectivity index (χ1) is 21.6. The number of aryl methyl sites for hydroxylation is 1. The first kappa shape index (κ1) is 31.3. The van der Waals surface area contributed by atoms with Gasteiger partial charge in [-0.05, 0) is 56.0 Å². The van der Waals surface area contributed by atoms with Crippen LogP contribution in [0.4, 0.5) is 19.0 Å². The second-order valence-electron chi connectivity index (χ2n) is 12.2. The summed E-state index contributed by atoms with van der Waals surface area (Å²) in [5.74, 6) is 0.597. The van der Waals surface area contributed by atoms with Crippen LogP contribution in [0.2, 0.25) is 0 Å². The molecule has 0 spiro atoms. The fourth-order valence-corrected chi connectivity index (χ4v) is 7.65. The lowest BCUT2D eigenvalue weighted by Gasteiger charge is -2.36. The van der Waals surface area contributed by atoms with E-state index >= 15 is 0 Å². The van der Waals surface area contributed by atoms with Crippen molar-refractivity contribution in [3.63, 3.8) is 0 Å². The van der Waals surface area contributed by atoms with E-state index in [-0.39, 0.29) is 17.0 Å². The number of piperazine rings is 1. The highest BCUT2D eigenvalue weighted by molar-refractivity contribution is 7.18. The van der Waals surface area contributed by atoms with Crippen LogP contribution in [-0.2, 0) is 24.3 Å². The van der Waals surface area contributed by atoms with Crippen molar-refractivity contribution in [1.82, 2.24) is 29.2 Å². The largest absolute Gasteiger partial charge is 0.393 e. The fraction of sp³-hybridized carbons (Fsp3) is 0.500. The Kier molecular flexibility index (Phi) is 8.99. The number of nitrogens with zero attached hydrogens (tertiary/aromatic N) is 7. The molecular weight excluding hydrogens is 601 g/mol. The van der Waals surface area contributed by atoms with Crippen molar-refractivity contribution in [1.29, 1.82) is 5.26 Å². The summed E-state index contributed by atoms with van der Waals surface area (Å²) in [5, 5.41) is 15.2. The molecule has 1 amide bonds. The average Bonchev–Trinajstić information content (AvgIpc) is 3.60. The van der Waals surface area contributed by atoms with Crippen molar-refractivity contribution in [2.24, 2.45) is 0 Å². The quantitative estimate of drug-likeness (QED) is 0.253. The molecule has 2 saturated heterocycles. The lowest BCUT2D eigenvalue weighted by Crippen LogP contribution is -2.50. The Labute approximate surface area is 264 Å². The van der Waals surface area contributed by atoms with E-state index in [2.05, 4.69) is 61.7 Å². The number of carbonyl (C=O) groups excluding carboxylic acids is 1. The Morgan fingerprint density at radius 3 is 2.56 bits per heavy atom. The molecule has 2 fully saturated rings. The third kappa shape index (κ3) is 6.93. The number of thiophene rings is 1. The first-order valence-electron chi connectivity index (χ1n) is 15.4. The minimum absolute atomic E-state index is 0.171. The molecule has 0 aliphatic carbocycles. The number of aromatic nitrogens is 3. The number of fused-ring (bicyclic) bond motifs is 2. The number of alkyl halides is 3. The van der Waals surface area contributed by atoms with Gasteiger partial charge >= 0.3 is 6.18 Å². The van der Waals surface area contributed by atoms with Crippen molar-refractivity contribution in [2.75, 3.05) is 44.6 Å². The number of hydrogen-bond acceptors (Lipinski definition) is 8. The van der Waals surface area contributed by atoms with E-state index in [1.807, 2.05) is 6.07 Å². The molecule has 0 radical (unpaired) electrons. The molecule has 9 nitrogen and oxygen atoms in total. The van der Waals surface area contributed by atoms with Gasteiger partial charge in [-0.25, -0.2) is 9.97 Å². The first-order valence-corrected chi connectivity index (χ1v) is 16.2. The summed E-state index contributed by atoms with van der Waals surface area (Å²) in [6.07, 6.45) is -1.11. The van der Waals surface area contributed by atoms with Crippen molar-refractivity contribution >= 4 is 44.7 Å². The van der Waals surface area contributed by atoms with E-state index in [9.17, 15) is 23.2 Å². The summed E-state index contributed by atoms with van der Waals surface area (Å²) in [5.41, 5.74) is 4.15. The Hall–Kier alpha value is -3.73. The van der Waals surface area contributed by atoms with Crippen LogP contribution in [0.1, 0.15) is 41.5 Å². The van der Waals surface area contributed by atoms with Gasteiger partial charge in [0.2, 0.25) is 6.41 Å². The average molecular weight is 639 g/mol. The molecule has 1 aromatic carbocycles. The monoisotopic (exact) mass is 638 g/mol. The summed E-state index contributed by atoms with van der Waals surface area (Å²) < 4.78 is 40.9. The van der Waals surface area contributed by atoms with Gasteiger partial charge in [0.25, 0.3) is 0 Å². The van der Waals surface area contributed by atoms with Crippen LogP contribution in [0.5, 0.6) is 0 Å². The maximum atomic E-state index is 12.9. The summed E-state index contributed by atoms with van der Waals surface area (Å²) in [7, 11) is 0. The highest BCUT2D eigenvalue weighted by Crippen LogP contribution is 2.33. The minimum atomic E-state index is -4.26. The topological polar surface area (TPSA) is 93.3 Å². The standard InChI is InChI=1S/C32H37F3N8OS/c1-21(42-11-9-41(20-44)10-12-42)17-43-25(16-36)13-27-22(2)23(3-4-29(27)43)18-40-7-5-24(6-8-40)39-30-28-14-26(15-32(33,34)35)45-31(28)38-19-37-30/h3-4,13-14,19-21,24H,5-12,15,17-18H2,1-2H3,(H,37,38,39)/t21-/m1/s1. The predicted molar refractivity (Wildman–Crippen MR) is 169 cm³/mol. The smallest absolute Gasteiger partial charge is 0.367 e. The van der Waals surface area contributed by atoms with Crippen LogP contribution < -0.4 is 5.32 Å². The lowest BCUT2D eigenvalue weighted by molar-refractivity contribution is -0.126. The van der Waals surface area contributed by atoms with Crippen molar-refractivity contribution in [2.45, 2.75) is 64.5 Å². The maximum Gasteiger partial charge on any atom is 0.393 e. The van der Waals surface area contributed by atoms with E-state index in [0.717, 1.165) is 87.3 Å². The molecule has 4 aromatic rings. The van der Waals surface area contributed by atoms with Crippen molar-refractivity contribution in [3.05, 3.63) is 52.3 Å². The van der Waals surface area contributed by atoms with Gasteiger partial charge in [-0.2, -0.15) is 18.4 Å². The number of piperidine rings is 1. The molecule has 0 saturated carbocycles. The Bertz CT molecular complexity index is 1710. The second kappa shape index (κ2) is 12.9. The Morgan fingerprint density at radius 1 is 1.11 bits per heavy atom. The normalized spacial score (nSPS) is 18.0. The van der Waals surface area contributed by atoms with Gasteiger partial charge in [-0.1, -0.05) is 6.07 Å². The van der Waals surface area contributed by atoms with Crippen LogP contribution in [0, 0.1) is 18.3 Å². The summed E-state index contributed by atoms with van der Waals surface area (Å²) >= 11 is 1.06. The van der Waals surface area contributed by atoms with E-state index < -0.39 is 12.6 Å². The van der Waals surface area contributed by atoms with Gasteiger partial charge in [0.1, 0.15) is 28.7 Å². The summed E-state index contributed by atoms with van der Waals surface area (Å²) in [6, 6.07) is 10.7.